The van der Waals surface area contributed by atoms with Gasteiger partial charge in [0.1, 0.15) is 0 Å². The van der Waals surface area contributed by atoms with E-state index >= 15 is 0 Å². The van der Waals surface area contributed by atoms with Crippen LogP contribution in [0.1, 0.15) is 33.7 Å². The molecule has 1 aliphatic rings. The molecule has 0 unspecified atom stereocenters. The van der Waals surface area contributed by atoms with Crippen LogP contribution in [0.3, 0.4) is 0 Å². The van der Waals surface area contributed by atoms with Gasteiger partial charge in [0.2, 0.25) is 0 Å². The number of hydrogen-bond acceptors (Lipinski definition) is 3. The van der Waals surface area contributed by atoms with Crippen LogP contribution in [0.15, 0.2) is 24.3 Å². The minimum atomic E-state index is -0.0835. The maximum Gasteiger partial charge on any atom is 0.272 e. The summed E-state index contributed by atoms with van der Waals surface area (Å²) in [6.45, 7) is 0.602. The summed E-state index contributed by atoms with van der Waals surface area (Å²) >= 11 is 0. The Morgan fingerprint density at radius 2 is 2.05 bits per heavy atom. The number of nitrogens with one attached hydrogen (secondary N) is 2. The molecule has 1 aromatic heterocycles. The first-order valence-corrected chi connectivity index (χ1v) is 6.93. The van der Waals surface area contributed by atoms with Crippen molar-refractivity contribution in [3.8, 4) is 0 Å². The third-order valence-electron chi connectivity index (χ3n) is 3.70. The number of aromatic amines is 1. The second-order valence-corrected chi connectivity index (χ2v) is 5.13. The minimum Gasteiger partial charge on any atom is -0.399 e. The van der Waals surface area contributed by atoms with Gasteiger partial charge in [-0.05, 0) is 43.4 Å². The number of halogens is 1. The Hall–Kier alpha value is -2.01. The summed E-state index contributed by atoms with van der Waals surface area (Å²) in [4.78, 5) is 12.1. The van der Waals surface area contributed by atoms with Gasteiger partial charge in [0.25, 0.3) is 5.91 Å². The lowest BCUT2D eigenvalue weighted by Crippen LogP contribution is -2.26. The molecule has 0 spiro atoms. The maximum absolute atomic E-state index is 12.1. The molecule has 0 fully saturated rings. The van der Waals surface area contributed by atoms with E-state index in [1.807, 2.05) is 24.3 Å². The van der Waals surface area contributed by atoms with E-state index in [9.17, 15) is 4.79 Å². The van der Waals surface area contributed by atoms with Crippen molar-refractivity contribution in [2.75, 3.05) is 12.3 Å². The van der Waals surface area contributed by atoms with Crippen LogP contribution in [0.4, 0.5) is 5.69 Å². The fourth-order valence-corrected chi connectivity index (χ4v) is 2.60. The number of aryl methyl sites for hydroxylation is 1. The Labute approximate surface area is 129 Å². The molecule has 4 N–H and O–H groups in total. The number of anilines is 1. The quantitative estimate of drug-likeness (QED) is 0.754. The van der Waals surface area contributed by atoms with Gasteiger partial charge >= 0.3 is 0 Å². The highest BCUT2D eigenvalue weighted by Gasteiger charge is 2.22. The second kappa shape index (κ2) is 6.63. The van der Waals surface area contributed by atoms with E-state index in [-0.39, 0.29) is 18.3 Å². The third-order valence-corrected chi connectivity index (χ3v) is 3.70. The summed E-state index contributed by atoms with van der Waals surface area (Å²) in [7, 11) is 0. The van der Waals surface area contributed by atoms with Gasteiger partial charge in [0, 0.05) is 23.5 Å². The summed E-state index contributed by atoms with van der Waals surface area (Å²) in [5.41, 5.74) is 10.3. The lowest BCUT2D eigenvalue weighted by Gasteiger charge is -2.05. The zero-order chi connectivity index (χ0) is 13.9. The topological polar surface area (TPSA) is 83.8 Å². The number of amides is 1. The molecule has 5 nitrogen and oxygen atoms in total. The Balaban J connectivity index is 0.00000161. The van der Waals surface area contributed by atoms with Gasteiger partial charge in [-0.15, -0.1) is 12.4 Å². The molecular weight excluding hydrogens is 288 g/mol. The largest absolute Gasteiger partial charge is 0.399 e. The smallest absolute Gasteiger partial charge is 0.272 e. The van der Waals surface area contributed by atoms with Crippen molar-refractivity contribution in [2.24, 2.45) is 0 Å². The lowest BCUT2D eigenvalue weighted by atomic mass is 10.1. The van der Waals surface area contributed by atoms with Crippen LogP contribution in [0, 0.1) is 0 Å². The first-order valence-electron chi connectivity index (χ1n) is 6.93. The van der Waals surface area contributed by atoms with Crippen LogP contribution in [0.2, 0.25) is 0 Å². The number of nitrogen functional groups attached to an aromatic ring is 1. The molecule has 112 valence electrons. The molecular formula is C15H19ClN4O. The molecule has 1 amide bonds. The number of rotatable bonds is 4. The number of carbonyl (C=O) groups is 1. The number of benzene rings is 1. The van der Waals surface area contributed by atoms with Crippen molar-refractivity contribution in [3.05, 3.63) is 46.8 Å². The van der Waals surface area contributed by atoms with E-state index in [0.29, 0.717) is 12.2 Å². The number of H-pyrrole nitrogens is 1. The summed E-state index contributed by atoms with van der Waals surface area (Å²) in [6.07, 6.45) is 3.85. The fourth-order valence-electron chi connectivity index (χ4n) is 2.60. The number of nitrogens with two attached hydrogens (primary N) is 1. The summed E-state index contributed by atoms with van der Waals surface area (Å²) in [5.74, 6) is -0.0835. The maximum atomic E-state index is 12.1. The number of aromatic nitrogens is 2. The molecule has 0 atom stereocenters. The van der Waals surface area contributed by atoms with Gasteiger partial charge in [0.15, 0.2) is 5.69 Å². The summed E-state index contributed by atoms with van der Waals surface area (Å²) in [6, 6.07) is 7.71. The Morgan fingerprint density at radius 1 is 1.29 bits per heavy atom. The number of carbonyl (C=O) groups excluding carboxylic acids is 1. The molecule has 0 saturated carbocycles. The molecule has 3 rings (SSSR count). The van der Waals surface area contributed by atoms with Crippen LogP contribution in [-0.4, -0.2) is 22.6 Å². The van der Waals surface area contributed by atoms with Crippen LogP contribution >= 0.6 is 12.4 Å². The first-order chi connectivity index (χ1) is 9.74. The van der Waals surface area contributed by atoms with E-state index in [4.69, 9.17) is 5.73 Å². The number of nitrogens with zero attached hydrogens (tertiary/aromatic N) is 1. The SMILES string of the molecule is Cl.Nc1ccc(CCNC(=O)c2n[nH]c3c2CCC3)cc1. The van der Waals surface area contributed by atoms with Gasteiger partial charge in [-0.3, -0.25) is 9.89 Å². The standard InChI is InChI=1S/C15H18N4O.ClH/c16-11-6-4-10(5-7-11)8-9-17-15(20)14-12-2-1-3-13(12)18-19-14;/h4-7H,1-3,8-9,16H2,(H,17,20)(H,18,19);1H. The second-order valence-electron chi connectivity index (χ2n) is 5.13. The van der Waals surface area contributed by atoms with Crippen molar-refractivity contribution >= 4 is 24.0 Å². The highest BCUT2D eigenvalue weighted by molar-refractivity contribution is 5.94. The normalized spacial score (nSPS) is 12.6. The van der Waals surface area contributed by atoms with Gasteiger partial charge < -0.3 is 11.1 Å². The van der Waals surface area contributed by atoms with Crippen LogP contribution < -0.4 is 11.1 Å². The van der Waals surface area contributed by atoms with Crippen molar-refractivity contribution in [2.45, 2.75) is 25.7 Å². The predicted octanol–water partition coefficient (Wildman–Crippen LogP) is 1.87. The van der Waals surface area contributed by atoms with Crippen molar-refractivity contribution in [1.82, 2.24) is 15.5 Å². The highest BCUT2D eigenvalue weighted by atomic mass is 35.5. The van der Waals surface area contributed by atoms with Crippen LogP contribution in [0.25, 0.3) is 0 Å². The fraction of sp³-hybridized carbons (Fsp3) is 0.333. The average Bonchev–Trinajstić information content (AvgIpc) is 3.03. The van der Waals surface area contributed by atoms with Crippen molar-refractivity contribution < 1.29 is 4.79 Å². The van der Waals surface area contributed by atoms with Gasteiger partial charge in [-0.1, -0.05) is 12.1 Å². The zero-order valence-electron chi connectivity index (χ0n) is 11.7. The van der Waals surface area contributed by atoms with Gasteiger partial charge in [-0.25, -0.2) is 0 Å². The number of fused-ring (bicyclic) bond motifs is 1. The van der Waals surface area contributed by atoms with E-state index in [2.05, 4.69) is 15.5 Å². The molecule has 1 aromatic carbocycles. The molecule has 2 aromatic rings. The molecule has 0 bridgehead atoms. The van der Waals surface area contributed by atoms with E-state index in [0.717, 1.165) is 48.2 Å². The molecule has 6 heteroatoms. The summed E-state index contributed by atoms with van der Waals surface area (Å²) in [5, 5.41) is 10.0. The van der Waals surface area contributed by atoms with E-state index < -0.39 is 0 Å². The Kier molecular flexibility index (Phi) is 4.85. The molecule has 0 aliphatic heterocycles. The minimum absolute atomic E-state index is 0. The monoisotopic (exact) mass is 306 g/mol. The Morgan fingerprint density at radius 3 is 2.81 bits per heavy atom. The molecule has 0 radical (unpaired) electrons. The lowest BCUT2D eigenvalue weighted by molar-refractivity contribution is 0.0948. The van der Waals surface area contributed by atoms with E-state index in [1.54, 1.807) is 0 Å². The van der Waals surface area contributed by atoms with Gasteiger partial charge in [0.05, 0.1) is 0 Å². The highest BCUT2D eigenvalue weighted by Crippen LogP contribution is 2.22. The average molecular weight is 307 g/mol. The molecule has 1 heterocycles. The van der Waals surface area contributed by atoms with E-state index in [1.165, 1.54) is 0 Å². The molecule has 1 aliphatic carbocycles. The zero-order valence-corrected chi connectivity index (χ0v) is 12.5. The van der Waals surface area contributed by atoms with Crippen molar-refractivity contribution in [3.63, 3.8) is 0 Å². The van der Waals surface area contributed by atoms with Crippen LogP contribution in [0.5, 0.6) is 0 Å². The molecule has 21 heavy (non-hydrogen) atoms. The van der Waals surface area contributed by atoms with Crippen molar-refractivity contribution in [1.29, 1.82) is 0 Å². The summed E-state index contributed by atoms with van der Waals surface area (Å²) < 4.78 is 0. The number of hydrogen-bond donors (Lipinski definition) is 3. The first kappa shape index (κ1) is 15.4. The molecule has 0 saturated heterocycles. The van der Waals surface area contributed by atoms with Gasteiger partial charge in [-0.2, -0.15) is 5.10 Å². The third kappa shape index (κ3) is 3.36. The predicted molar refractivity (Wildman–Crippen MR) is 84.8 cm³/mol. The van der Waals surface area contributed by atoms with Crippen LogP contribution in [-0.2, 0) is 19.3 Å². The Bertz CT molecular complexity index is 621.